The second kappa shape index (κ2) is 5.05. The Balaban J connectivity index is 1.70. The van der Waals surface area contributed by atoms with Gasteiger partial charge >= 0.3 is 0 Å². The third kappa shape index (κ3) is 2.43. The van der Waals surface area contributed by atoms with E-state index in [1.807, 2.05) is 30.3 Å². The first kappa shape index (κ1) is 11.0. The monoisotopic (exact) mass is 258 g/mol. The Labute approximate surface area is 108 Å². The summed E-state index contributed by atoms with van der Waals surface area (Å²) in [6.45, 7) is 0. The summed E-state index contributed by atoms with van der Waals surface area (Å²) in [5.41, 5.74) is 1.87. The fourth-order valence-corrected chi connectivity index (χ4v) is 2.16. The fourth-order valence-electron chi connectivity index (χ4n) is 1.50. The Bertz CT molecular complexity index is 606. The quantitative estimate of drug-likeness (QED) is 0.729. The van der Waals surface area contributed by atoms with Crippen molar-refractivity contribution in [3.05, 3.63) is 48.5 Å². The van der Waals surface area contributed by atoms with E-state index in [-0.39, 0.29) is 0 Å². The van der Waals surface area contributed by atoms with Crippen LogP contribution in [0.2, 0.25) is 0 Å². The molecule has 0 aliphatic heterocycles. The van der Waals surface area contributed by atoms with E-state index in [4.69, 9.17) is 4.42 Å². The summed E-state index contributed by atoms with van der Waals surface area (Å²) in [6, 6.07) is 9.83. The largest absolute Gasteiger partial charge is 0.444 e. The number of hydrogen-bond donors (Lipinski definition) is 1. The molecule has 5 nitrogen and oxygen atoms in total. The van der Waals surface area contributed by atoms with Crippen LogP contribution in [0.4, 0.5) is 0 Å². The van der Waals surface area contributed by atoms with E-state index in [1.165, 1.54) is 0 Å². The summed E-state index contributed by atoms with van der Waals surface area (Å²) in [7, 11) is 0. The van der Waals surface area contributed by atoms with Gasteiger partial charge in [0.05, 0.1) is 11.9 Å². The predicted octanol–water partition coefficient (Wildman–Crippen LogP) is 2.75. The molecule has 0 amide bonds. The lowest BCUT2D eigenvalue weighted by atomic mass is 10.2. The SMILES string of the molecule is c1ccc(-c2nc(CSc3cn[nH]n3)co2)cc1. The molecular weight excluding hydrogens is 248 g/mol. The van der Waals surface area contributed by atoms with E-state index in [0.717, 1.165) is 16.3 Å². The summed E-state index contributed by atoms with van der Waals surface area (Å²) >= 11 is 1.56. The summed E-state index contributed by atoms with van der Waals surface area (Å²) in [6.07, 6.45) is 3.36. The zero-order valence-corrected chi connectivity index (χ0v) is 10.2. The van der Waals surface area contributed by atoms with E-state index in [1.54, 1.807) is 24.2 Å². The molecule has 0 saturated heterocycles. The molecular formula is C12H10N4OS. The third-order valence-corrected chi connectivity index (χ3v) is 3.27. The molecule has 18 heavy (non-hydrogen) atoms. The Morgan fingerprint density at radius 2 is 2.11 bits per heavy atom. The van der Waals surface area contributed by atoms with Gasteiger partial charge in [-0.2, -0.15) is 10.3 Å². The van der Waals surface area contributed by atoms with Crippen LogP contribution in [-0.2, 0) is 5.75 Å². The Morgan fingerprint density at radius 3 is 2.89 bits per heavy atom. The molecule has 1 N–H and O–H groups in total. The predicted molar refractivity (Wildman–Crippen MR) is 67.9 cm³/mol. The van der Waals surface area contributed by atoms with Crippen molar-refractivity contribution < 1.29 is 4.42 Å². The second-order valence-electron chi connectivity index (χ2n) is 3.61. The minimum absolute atomic E-state index is 0.645. The van der Waals surface area contributed by atoms with Crippen molar-refractivity contribution in [3.8, 4) is 11.5 Å². The molecule has 1 aromatic carbocycles. The molecule has 0 fully saturated rings. The number of nitrogens with zero attached hydrogens (tertiary/aromatic N) is 3. The van der Waals surface area contributed by atoms with Gasteiger partial charge in [-0.1, -0.05) is 30.0 Å². The van der Waals surface area contributed by atoms with Gasteiger partial charge in [0.2, 0.25) is 5.89 Å². The zero-order valence-electron chi connectivity index (χ0n) is 9.41. The van der Waals surface area contributed by atoms with Gasteiger partial charge in [0.25, 0.3) is 0 Å². The van der Waals surface area contributed by atoms with Crippen LogP contribution in [0.3, 0.4) is 0 Å². The number of nitrogens with one attached hydrogen (secondary N) is 1. The molecule has 3 aromatic rings. The standard InChI is InChI=1S/C12H10N4OS/c1-2-4-9(5-3-1)12-14-10(7-17-12)8-18-11-6-13-16-15-11/h1-7H,8H2,(H,13,15,16). The zero-order chi connectivity index (χ0) is 12.2. The van der Waals surface area contributed by atoms with Gasteiger partial charge in [-0.25, -0.2) is 4.98 Å². The van der Waals surface area contributed by atoms with Crippen molar-refractivity contribution in [1.82, 2.24) is 20.4 Å². The number of aromatic amines is 1. The Kier molecular flexibility index (Phi) is 3.10. The molecule has 0 aliphatic carbocycles. The minimum Gasteiger partial charge on any atom is -0.444 e. The van der Waals surface area contributed by atoms with Crippen LogP contribution in [0.1, 0.15) is 5.69 Å². The Morgan fingerprint density at radius 1 is 1.22 bits per heavy atom. The van der Waals surface area contributed by atoms with Gasteiger partial charge in [0.1, 0.15) is 11.3 Å². The number of thioether (sulfide) groups is 1. The molecule has 6 heteroatoms. The van der Waals surface area contributed by atoms with Crippen molar-refractivity contribution in [3.63, 3.8) is 0 Å². The van der Waals surface area contributed by atoms with Crippen LogP contribution in [0, 0.1) is 0 Å². The normalized spacial score (nSPS) is 10.7. The van der Waals surface area contributed by atoms with E-state index in [9.17, 15) is 0 Å². The highest BCUT2D eigenvalue weighted by Crippen LogP contribution is 2.22. The summed E-state index contributed by atoms with van der Waals surface area (Å²) in [5, 5.41) is 11.1. The number of hydrogen-bond acceptors (Lipinski definition) is 5. The van der Waals surface area contributed by atoms with Crippen LogP contribution < -0.4 is 0 Å². The average molecular weight is 258 g/mol. The van der Waals surface area contributed by atoms with Crippen molar-refractivity contribution >= 4 is 11.8 Å². The molecule has 0 unspecified atom stereocenters. The minimum atomic E-state index is 0.645. The summed E-state index contributed by atoms with van der Waals surface area (Å²) in [5.74, 6) is 1.36. The first-order valence-corrected chi connectivity index (χ1v) is 6.39. The molecule has 0 aliphatic rings. The third-order valence-electron chi connectivity index (χ3n) is 2.33. The van der Waals surface area contributed by atoms with Gasteiger partial charge in [0.15, 0.2) is 0 Å². The van der Waals surface area contributed by atoms with E-state index in [2.05, 4.69) is 20.4 Å². The van der Waals surface area contributed by atoms with Crippen molar-refractivity contribution in [2.24, 2.45) is 0 Å². The molecule has 0 saturated carbocycles. The maximum absolute atomic E-state index is 5.45. The van der Waals surface area contributed by atoms with E-state index < -0.39 is 0 Å². The summed E-state index contributed by atoms with van der Waals surface area (Å²) < 4.78 is 5.45. The van der Waals surface area contributed by atoms with E-state index >= 15 is 0 Å². The van der Waals surface area contributed by atoms with Crippen LogP contribution in [0.15, 0.2) is 52.2 Å². The summed E-state index contributed by atoms with van der Waals surface area (Å²) in [4.78, 5) is 4.43. The van der Waals surface area contributed by atoms with Crippen molar-refractivity contribution in [1.29, 1.82) is 0 Å². The van der Waals surface area contributed by atoms with Crippen LogP contribution in [0.5, 0.6) is 0 Å². The molecule has 2 heterocycles. The van der Waals surface area contributed by atoms with Crippen LogP contribution in [0.25, 0.3) is 11.5 Å². The molecule has 0 bridgehead atoms. The van der Waals surface area contributed by atoms with Crippen LogP contribution in [-0.4, -0.2) is 20.4 Å². The number of oxazole rings is 1. The highest BCUT2D eigenvalue weighted by Gasteiger charge is 2.07. The first-order valence-electron chi connectivity index (χ1n) is 5.40. The highest BCUT2D eigenvalue weighted by atomic mass is 32.2. The highest BCUT2D eigenvalue weighted by molar-refractivity contribution is 7.98. The van der Waals surface area contributed by atoms with Gasteiger partial charge in [0, 0.05) is 11.3 Å². The number of aromatic nitrogens is 4. The lowest BCUT2D eigenvalue weighted by Crippen LogP contribution is -1.82. The smallest absolute Gasteiger partial charge is 0.226 e. The maximum Gasteiger partial charge on any atom is 0.226 e. The molecule has 2 aromatic heterocycles. The number of H-pyrrole nitrogens is 1. The topological polar surface area (TPSA) is 67.6 Å². The Hall–Kier alpha value is -2.08. The van der Waals surface area contributed by atoms with Gasteiger partial charge in [-0.15, -0.1) is 5.10 Å². The van der Waals surface area contributed by atoms with Crippen molar-refractivity contribution in [2.75, 3.05) is 0 Å². The lowest BCUT2D eigenvalue weighted by Gasteiger charge is -1.93. The lowest BCUT2D eigenvalue weighted by molar-refractivity contribution is 0.573. The van der Waals surface area contributed by atoms with Crippen LogP contribution >= 0.6 is 11.8 Å². The molecule has 3 rings (SSSR count). The van der Waals surface area contributed by atoms with Crippen molar-refractivity contribution in [2.45, 2.75) is 10.8 Å². The van der Waals surface area contributed by atoms with Gasteiger partial charge < -0.3 is 4.42 Å². The maximum atomic E-state index is 5.45. The molecule has 0 spiro atoms. The number of benzene rings is 1. The molecule has 90 valence electrons. The second-order valence-corrected chi connectivity index (χ2v) is 4.60. The molecule has 0 atom stereocenters. The van der Waals surface area contributed by atoms with Gasteiger partial charge in [-0.05, 0) is 12.1 Å². The first-order chi connectivity index (χ1) is 8.92. The molecule has 0 radical (unpaired) electrons. The number of rotatable bonds is 4. The fraction of sp³-hybridized carbons (Fsp3) is 0.0833. The van der Waals surface area contributed by atoms with E-state index in [0.29, 0.717) is 11.6 Å². The van der Waals surface area contributed by atoms with Gasteiger partial charge in [-0.3, -0.25) is 0 Å². The average Bonchev–Trinajstić information content (AvgIpc) is 3.09.